The number of anilines is 1. The number of nitrogens with zero attached hydrogens (tertiary/aromatic N) is 6. The van der Waals surface area contributed by atoms with Crippen molar-refractivity contribution < 1.29 is 4.79 Å². The van der Waals surface area contributed by atoms with E-state index in [9.17, 15) is 4.79 Å². The molecule has 0 radical (unpaired) electrons. The third-order valence-electron chi connectivity index (χ3n) is 3.81. The molecule has 0 aliphatic rings. The van der Waals surface area contributed by atoms with E-state index in [0.29, 0.717) is 16.5 Å². The van der Waals surface area contributed by atoms with Gasteiger partial charge in [0.25, 0.3) is 5.91 Å². The monoisotopic (exact) mass is 353 g/mol. The van der Waals surface area contributed by atoms with E-state index in [1.807, 2.05) is 13.1 Å². The molecule has 0 bridgehead atoms. The van der Waals surface area contributed by atoms with E-state index in [4.69, 9.17) is 11.6 Å². The number of halogens is 1. The first-order valence-electron chi connectivity index (χ1n) is 7.38. The van der Waals surface area contributed by atoms with Crippen LogP contribution in [-0.4, -0.2) is 35.7 Å². The van der Waals surface area contributed by atoms with Crippen molar-refractivity contribution in [1.82, 2.24) is 29.8 Å². The van der Waals surface area contributed by atoms with Crippen LogP contribution in [0.5, 0.6) is 0 Å². The minimum absolute atomic E-state index is 0.257. The third kappa shape index (κ3) is 2.83. The second-order valence-corrected chi connectivity index (χ2v) is 5.82. The summed E-state index contributed by atoms with van der Waals surface area (Å²) in [6.07, 6.45) is 1.49. The Bertz CT molecular complexity index is 1050. The van der Waals surface area contributed by atoms with Gasteiger partial charge in [-0.05, 0) is 52.9 Å². The van der Waals surface area contributed by atoms with Crippen molar-refractivity contribution in [3.8, 4) is 5.69 Å². The van der Waals surface area contributed by atoms with Crippen LogP contribution in [0.3, 0.4) is 0 Å². The summed E-state index contributed by atoms with van der Waals surface area (Å²) in [7, 11) is 1.83. The number of amides is 1. The number of aromatic nitrogens is 6. The van der Waals surface area contributed by atoms with Gasteiger partial charge < -0.3 is 4.57 Å². The number of carbonyl (C=O) groups is 1. The van der Waals surface area contributed by atoms with Gasteiger partial charge in [-0.3, -0.25) is 10.1 Å². The van der Waals surface area contributed by atoms with Gasteiger partial charge in [0, 0.05) is 17.6 Å². The molecule has 2 aromatic carbocycles. The number of rotatable bonds is 3. The number of imidazole rings is 1. The summed E-state index contributed by atoms with van der Waals surface area (Å²) >= 11 is 5.99. The minimum atomic E-state index is -0.257. The Morgan fingerprint density at radius 3 is 2.68 bits per heavy atom. The molecule has 0 atom stereocenters. The van der Waals surface area contributed by atoms with Crippen LogP contribution in [0.1, 0.15) is 10.4 Å². The Morgan fingerprint density at radius 1 is 1.16 bits per heavy atom. The van der Waals surface area contributed by atoms with Gasteiger partial charge in [0.05, 0.1) is 16.7 Å². The molecule has 25 heavy (non-hydrogen) atoms. The Labute approximate surface area is 147 Å². The van der Waals surface area contributed by atoms with E-state index in [1.54, 1.807) is 41.0 Å². The lowest BCUT2D eigenvalue weighted by molar-refractivity contribution is 0.102. The maximum atomic E-state index is 12.5. The summed E-state index contributed by atoms with van der Waals surface area (Å²) < 4.78 is 3.32. The lowest BCUT2D eigenvalue weighted by atomic mass is 10.2. The minimum Gasteiger partial charge on any atom is -0.313 e. The molecule has 0 aliphatic carbocycles. The van der Waals surface area contributed by atoms with Gasteiger partial charge in [-0.1, -0.05) is 11.6 Å². The van der Waals surface area contributed by atoms with Gasteiger partial charge >= 0.3 is 0 Å². The summed E-state index contributed by atoms with van der Waals surface area (Å²) in [5, 5.41) is 14.4. The van der Waals surface area contributed by atoms with Gasteiger partial charge in [-0.2, -0.15) is 0 Å². The van der Waals surface area contributed by atoms with Crippen molar-refractivity contribution in [2.45, 2.75) is 0 Å². The summed E-state index contributed by atoms with van der Waals surface area (Å²) in [5.41, 5.74) is 2.87. The van der Waals surface area contributed by atoms with Crippen LogP contribution < -0.4 is 5.32 Å². The zero-order chi connectivity index (χ0) is 17.4. The summed E-state index contributed by atoms with van der Waals surface area (Å²) in [6, 6.07) is 12.3. The second kappa shape index (κ2) is 5.99. The molecule has 2 heterocycles. The second-order valence-electron chi connectivity index (χ2n) is 5.38. The van der Waals surface area contributed by atoms with Crippen molar-refractivity contribution in [3.05, 3.63) is 59.4 Å². The number of hydrogen-bond donors (Lipinski definition) is 1. The first kappa shape index (κ1) is 15.3. The molecule has 4 rings (SSSR count). The predicted octanol–water partition coefficient (Wildman–Crippen LogP) is 2.45. The zero-order valence-electron chi connectivity index (χ0n) is 13.1. The van der Waals surface area contributed by atoms with Crippen molar-refractivity contribution in [1.29, 1.82) is 0 Å². The molecule has 2 aromatic heterocycles. The Balaban J connectivity index is 1.58. The standard InChI is InChI=1S/C16H12ClN7O/c1-23-14-7-4-11(17)8-13(14)19-16(23)20-15(25)10-2-5-12(6-3-10)24-9-18-21-22-24/h2-9H,1H3,(H,19,20,25). The number of hydrogen-bond acceptors (Lipinski definition) is 5. The van der Waals surface area contributed by atoms with Crippen LogP contribution >= 0.6 is 11.6 Å². The Hall–Kier alpha value is -3.26. The highest BCUT2D eigenvalue weighted by Crippen LogP contribution is 2.22. The molecule has 0 aliphatic heterocycles. The molecule has 0 spiro atoms. The molecule has 1 N–H and O–H groups in total. The molecule has 8 nitrogen and oxygen atoms in total. The average Bonchev–Trinajstić information content (AvgIpc) is 3.24. The third-order valence-corrected chi connectivity index (χ3v) is 4.05. The van der Waals surface area contributed by atoms with Crippen molar-refractivity contribution >= 4 is 34.5 Å². The van der Waals surface area contributed by atoms with Crippen molar-refractivity contribution in [2.75, 3.05) is 5.32 Å². The highest BCUT2D eigenvalue weighted by Gasteiger charge is 2.13. The van der Waals surface area contributed by atoms with Crippen molar-refractivity contribution in [3.63, 3.8) is 0 Å². The fourth-order valence-corrected chi connectivity index (χ4v) is 2.67. The summed E-state index contributed by atoms with van der Waals surface area (Å²) in [4.78, 5) is 16.9. The fraction of sp³-hybridized carbons (Fsp3) is 0.0625. The molecule has 0 unspecified atom stereocenters. The van der Waals surface area contributed by atoms with Gasteiger partial charge in [0.15, 0.2) is 0 Å². The molecule has 0 saturated carbocycles. The van der Waals surface area contributed by atoms with E-state index in [-0.39, 0.29) is 5.91 Å². The topological polar surface area (TPSA) is 90.5 Å². The fourth-order valence-electron chi connectivity index (χ4n) is 2.50. The van der Waals surface area contributed by atoms with Gasteiger partial charge in [-0.15, -0.1) is 5.10 Å². The number of tetrazole rings is 1. The smallest absolute Gasteiger partial charge is 0.257 e. The largest absolute Gasteiger partial charge is 0.313 e. The van der Waals surface area contributed by atoms with Crippen LogP contribution in [0, 0.1) is 0 Å². The molecule has 0 fully saturated rings. The van der Waals surface area contributed by atoms with Gasteiger partial charge in [-0.25, -0.2) is 9.67 Å². The average molecular weight is 354 g/mol. The van der Waals surface area contributed by atoms with E-state index in [1.165, 1.54) is 11.0 Å². The maximum absolute atomic E-state index is 12.5. The molecule has 1 amide bonds. The lowest BCUT2D eigenvalue weighted by Crippen LogP contribution is -2.15. The molecule has 124 valence electrons. The van der Waals surface area contributed by atoms with Crippen LogP contribution in [0.25, 0.3) is 16.7 Å². The van der Waals surface area contributed by atoms with E-state index >= 15 is 0 Å². The number of aryl methyl sites for hydroxylation is 1. The number of benzene rings is 2. The SMILES string of the molecule is Cn1c(NC(=O)c2ccc(-n3cnnn3)cc2)nc2cc(Cl)ccc21. The number of carbonyl (C=O) groups excluding carboxylic acids is 1. The van der Waals surface area contributed by atoms with Gasteiger partial charge in [0.2, 0.25) is 5.95 Å². The number of fused-ring (bicyclic) bond motifs is 1. The molecule has 4 aromatic rings. The van der Waals surface area contributed by atoms with Crippen LogP contribution in [0.4, 0.5) is 5.95 Å². The zero-order valence-corrected chi connectivity index (χ0v) is 13.8. The van der Waals surface area contributed by atoms with Crippen LogP contribution in [0.15, 0.2) is 48.8 Å². The predicted molar refractivity (Wildman–Crippen MR) is 92.8 cm³/mol. The summed E-state index contributed by atoms with van der Waals surface area (Å²) in [6.45, 7) is 0. The van der Waals surface area contributed by atoms with Crippen molar-refractivity contribution in [2.24, 2.45) is 7.05 Å². The maximum Gasteiger partial charge on any atom is 0.257 e. The van der Waals surface area contributed by atoms with Crippen LogP contribution in [-0.2, 0) is 7.05 Å². The molecule has 9 heteroatoms. The Morgan fingerprint density at radius 2 is 1.96 bits per heavy atom. The van der Waals surface area contributed by atoms with E-state index in [2.05, 4.69) is 25.8 Å². The first-order chi connectivity index (χ1) is 12.1. The quantitative estimate of drug-likeness (QED) is 0.611. The first-order valence-corrected chi connectivity index (χ1v) is 7.76. The number of nitrogens with one attached hydrogen (secondary N) is 1. The summed E-state index contributed by atoms with van der Waals surface area (Å²) in [5.74, 6) is 0.194. The van der Waals surface area contributed by atoms with Crippen LogP contribution in [0.2, 0.25) is 5.02 Å². The highest BCUT2D eigenvalue weighted by molar-refractivity contribution is 6.31. The van der Waals surface area contributed by atoms with Gasteiger partial charge in [0.1, 0.15) is 6.33 Å². The Kier molecular flexibility index (Phi) is 3.66. The van der Waals surface area contributed by atoms with E-state index < -0.39 is 0 Å². The molecular formula is C16H12ClN7O. The highest BCUT2D eigenvalue weighted by atomic mass is 35.5. The van der Waals surface area contributed by atoms with E-state index in [0.717, 1.165) is 16.7 Å². The normalized spacial score (nSPS) is 11.0. The lowest BCUT2D eigenvalue weighted by Gasteiger charge is -2.06. The molecular weight excluding hydrogens is 342 g/mol. The molecule has 0 saturated heterocycles.